The number of nitriles is 1. The standard InChI is InChI=1S/C22H27N5O2/c1-3-12-27-21(28)19(16-23)20(25-22(27)24-11-15-29-4-2)26-13-9-17-7-5-6-8-18(17)10-14-26/h3,5-8H,1,4,9-15H2,2H3,(H,24,25). The second-order valence-corrected chi connectivity index (χ2v) is 6.83. The maximum atomic E-state index is 13.0. The minimum Gasteiger partial charge on any atom is -0.380 e. The van der Waals surface area contributed by atoms with Crippen LogP contribution in [0, 0.1) is 11.3 Å². The van der Waals surface area contributed by atoms with Crippen molar-refractivity contribution in [1.29, 1.82) is 5.26 Å². The Morgan fingerprint density at radius 3 is 2.59 bits per heavy atom. The van der Waals surface area contributed by atoms with Crippen LogP contribution in [0.25, 0.3) is 0 Å². The molecule has 29 heavy (non-hydrogen) atoms. The quantitative estimate of drug-likeness (QED) is 0.548. The van der Waals surface area contributed by atoms with Crippen molar-refractivity contribution in [3.05, 3.63) is 64.0 Å². The molecule has 7 heteroatoms. The van der Waals surface area contributed by atoms with Crippen LogP contribution in [0.4, 0.5) is 11.8 Å². The SMILES string of the molecule is C=CCn1c(NCCOCC)nc(N2CCc3ccccc3CC2)c(C#N)c1=O. The molecule has 7 nitrogen and oxygen atoms in total. The van der Waals surface area contributed by atoms with Gasteiger partial charge in [-0.2, -0.15) is 10.2 Å². The van der Waals surface area contributed by atoms with Gasteiger partial charge in [0.25, 0.3) is 5.56 Å². The molecule has 0 saturated carbocycles. The van der Waals surface area contributed by atoms with Crippen molar-refractivity contribution in [3.63, 3.8) is 0 Å². The molecule has 0 aliphatic carbocycles. The van der Waals surface area contributed by atoms with Gasteiger partial charge < -0.3 is 15.0 Å². The summed E-state index contributed by atoms with van der Waals surface area (Å²) in [4.78, 5) is 19.8. The molecule has 0 unspecified atom stereocenters. The van der Waals surface area contributed by atoms with Crippen LogP contribution in [-0.2, 0) is 24.1 Å². The highest BCUT2D eigenvalue weighted by molar-refractivity contribution is 5.56. The molecule has 0 radical (unpaired) electrons. The zero-order chi connectivity index (χ0) is 20.6. The van der Waals surface area contributed by atoms with E-state index in [1.807, 2.05) is 24.0 Å². The third-order valence-electron chi connectivity index (χ3n) is 5.03. The molecule has 0 saturated heterocycles. The highest BCUT2D eigenvalue weighted by Gasteiger charge is 2.23. The Labute approximate surface area is 171 Å². The first-order chi connectivity index (χ1) is 14.2. The van der Waals surface area contributed by atoms with E-state index in [2.05, 4.69) is 30.1 Å². The fourth-order valence-electron chi connectivity index (χ4n) is 3.56. The minimum absolute atomic E-state index is 0.0770. The number of nitrogens with zero attached hydrogens (tertiary/aromatic N) is 4. The number of hydrogen-bond acceptors (Lipinski definition) is 6. The first-order valence-electron chi connectivity index (χ1n) is 9.98. The Balaban J connectivity index is 1.95. The molecule has 0 fully saturated rings. The van der Waals surface area contributed by atoms with E-state index >= 15 is 0 Å². The van der Waals surface area contributed by atoms with Gasteiger partial charge in [-0.05, 0) is 30.9 Å². The van der Waals surface area contributed by atoms with Crippen molar-refractivity contribution in [2.75, 3.05) is 43.1 Å². The highest BCUT2D eigenvalue weighted by atomic mass is 16.5. The maximum Gasteiger partial charge on any atom is 0.275 e. The van der Waals surface area contributed by atoms with Gasteiger partial charge in [0, 0.05) is 32.8 Å². The minimum atomic E-state index is -0.349. The highest BCUT2D eigenvalue weighted by Crippen LogP contribution is 2.22. The maximum absolute atomic E-state index is 13.0. The van der Waals surface area contributed by atoms with Crippen molar-refractivity contribution in [2.24, 2.45) is 0 Å². The molecular formula is C22H27N5O2. The van der Waals surface area contributed by atoms with Crippen molar-refractivity contribution < 1.29 is 4.74 Å². The van der Waals surface area contributed by atoms with Crippen molar-refractivity contribution in [3.8, 4) is 6.07 Å². The summed E-state index contributed by atoms with van der Waals surface area (Å²) < 4.78 is 6.82. The second kappa shape index (κ2) is 9.89. The summed E-state index contributed by atoms with van der Waals surface area (Å²) in [6, 6.07) is 10.5. The normalized spacial score (nSPS) is 13.3. The molecule has 1 aliphatic heterocycles. The molecule has 1 aromatic heterocycles. The van der Waals surface area contributed by atoms with E-state index in [1.165, 1.54) is 15.7 Å². The van der Waals surface area contributed by atoms with E-state index in [-0.39, 0.29) is 17.7 Å². The van der Waals surface area contributed by atoms with Crippen LogP contribution in [0.15, 0.2) is 41.7 Å². The number of anilines is 2. The van der Waals surface area contributed by atoms with E-state index in [1.54, 1.807) is 6.08 Å². The molecule has 2 aromatic rings. The Kier molecular flexibility index (Phi) is 7.04. The average molecular weight is 393 g/mol. The van der Waals surface area contributed by atoms with Crippen LogP contribution < -0.4 is 15.8 Å². The second-order valence-electron chi connectivity index (χ2n) is 6.83. The largest absolute Gasteiger partial charge is 0.380 e. The average Bonchev–Trinajstić information content (AvgIpc) is 2.96. The third kappa shape index (κ3) is 4.66. The van der Waals surface area contributed by atoms with Gasteiger partial charge in [0.2, 0.25) is 5.95 Å². The summed E-state index contributed by atoms with van der Waals surface area (Å²) in [7, 11) is 0. The number of hydrogen-bond donors (Lipinski definition) is 1. The molecule has 1 aromatic carbocycles. The monoisotopic (exact) mass is 393 g/mol. The van der Waals surface area contributed by atoms with Gasteiger partial charge in [0.1, 0.15) is 6.07 Å². The molecule has 0 bridgehead atoms. The lowest BCUT2D eigenvalue weighted by Gasteiger charge is -2.24. The number of fused-ring (bicyclic) bond motifs is 1. The lowest BCUT2D eigenvalue weighted by Crippen LogP contribution is -2.34. The molecule has 0 amide bonds. The predicted molar refractivity (Wildman–Crippen MR) is 114 cm³/mol. The van der Waals surface area contributed by atoms with Gasteiger partial charge in [-0.25, -0.2) is 0 Å². The van der Waals surface area contributed by atoms with Gasteiger partial charge in [0.05, 0.1) is 6.61 Å². The van der Waals surface area contributed by atoms with Crippen molar-refractivity contribution in [1.82, 2.24) is 9.55 Å². The summed E-state index contributed by atoms with van der Waals surface area (Å²) in [5, 5.41) is 12.9. The number of aromatic nitrogens is 2. The summed E-state index contributed by atoms with van der Waals surface area (Å²) in [6.45, 7) is 9.01. The summed E-state index contributed by atoms with van der Waals surface area (Å²) in [5.41, 5.74) is 2.35. The molecule has 0 atom stereocenters. The van der Waals surface area contributed by atoms with E-state index in [4.69, 9.17) is 9.72 Å². The Morgan fingerprint density at radius 1 is 1.31 bits per heavy atom. The van der Waals surface area contributed by atoms with Crippen LogP contribution in [0.3, 0.4) is 0 Å². The van der Waals surface area contributed by atoms with Gasteiger partial charge in [0.15, 0.2) is 11.4 Å². The molecule has 3 rings (SSSR count). The van der Waals surface area contributed by atoms with Crippen LogP contribution in [0.5, 0.6) is 0 Å². The van der Waals surface area contributed by atoms with Gasteiger partial charge in [-0.3, -0.25) is 9.36 Å². The van der Waals surface area contributed by atoms with Gasteiger partial charge in [-0.1, -0.05) is 30.3 Å². The zero-order valence-electron chi connectivity index (χ0n) is 16.9. The van der Waals surface area contributed by atoms with Crippen molar-refractivity contribution in [2.45, 2.75) is 26.3 Å². The zero-order valence-corrected chi connectivity index (χ0v) is 16.9. The fraction of sp³-hybridized carbons (Fsp3) is 0.409. The summed E-state index contributed by atoms with van der Waals surface area (Å²) in [6.07, 6.45) is 3.33. The lowest BCUT2D eigenvalue weighted by atomic mass is 10.0. The Morgan fingerprint density at radius 2 is 2.00 bits per heavy atom. The molecule has 0 spiro atoms. The number of rotatable bonds is 8. The first-order valence-corrected chi connectivity index (χ1v) is 9.98. The van der Waals surface area contributed by atoms with E-state index < -0.39 is 0 Å². The summed E-state index contributed by atoms with van der Waals surface area (Å²) >= 11 is 0. The first kappa shape index (κ1) is 20.6. The number of allylic oxidation sites excluding steroid dienone is 1. The predicted octanol–water partition coefficient (Wildman–Crippen LogP) is 2.35. The fourth-order valence-corrected chi connectivity index (χ4v) is 3.56. The molecule has 1 N–H and O–H groups in total. The lowest BCUT2D eigenvalue weighted by molar-refractivity contribution is 0.158. The van der Waals surface area contributed by atoms with Crippen LogP contribution in [-0.4, -0.2) is 42.4 Å². The smallest absolute Gasteiger partial charge is 0.275 e. The van der Waals surface area contributed by atoms with Crippen LogP contribution >= 0.6 is 0 Å². The molecular weight excluding hydrogens is 366 g/mol. The van der Waals surface area contributed by atoms with E-state index in [0.717, 1.165) is 12.8 Å². The Bertz CT molecular complexity index is 934. The summed E-state index contributed by atoms with van der Waals surface area (Å²) in [5.74, 6) is 0.884. The Hall–Kier alpha value is -3.11. The number of benzene rings is 1. The number of ether oxygens (including phenoxy) is 1. The number of nitrogens with one attached hydrogen (secondary N) is 1. The van der Waals surface area contributed by atoms with E-state index in [9.17, 15) is 10.1 Å². The van der Waals surface area contributed by atoms with Gasteiger partial charge in [-0.15, -0.1) is 6.58 Å². The topological polar surface area (TPSA) is 83.2 Å². The third-order valence-corrected chi connectivity index (χ3v) is 5.03. The molecule has 152 valence electrons. The van der Waals surface area contributed by atoms with Crippen molar-refractivity contribution >= 4 is 11.8 Å². The van der Waals surface area contributed by atoms with E-state index in [0.29, 0.717) is 44.6 Å². The molecule has 2 heterocycles. The van der Waals surface area contributed by atoms with Crippen LogP contribution in [0.1, 0.15) is 23.6 Å². The van der Waals surface area contributed by atoms with Crippen LogP contribution in [0.2, 0.25) is 0 Å². The molecule has 1 aliphatic rings. The van der Waals surface area contributed by atoms with Gasteiger partial charge >= 0.3 is 0 Å².